The number of hydrogen-bond donors (Lipinski definition) is 3. The summed E-state index contributed by atoms with van der Waals surface area (Å²) >= 11 is 0. The molecule has 0 atom stereocenters. The molecule has 8 heteroatoms. The second-order valence-electron chi connectivity index (χ2n) is 7.15. The van der Waals surface area contributed by atoms with Crippen LogP contribution in [-0.4, -0.2) is 20.2 Å². The molecule has 2 amide bonds. The van der Waals surface area contributed by atoms with Crippen molar-refractivity contribution < 1.29 is 18.0 Å². The Morgan fingerprint density at radius 2 is 1.39 bits per heavy atom. The van der Waals surface area contributed by atoms with E-state index in [1.54, 1.807) is 42.5 Å². The zero-order chi connectivity index (χ0) is 22.6. The summed E-state index contributed by atoms with van der Waals surface area (Å²) in [7, 11) is -3.73. The van der Waals surface area contributed by atoms with Gasteiger partial charge in [-0.25, -0.2) is 8.42 Å². The number of amides is 2. The fourth-order valence-corrected chi connectivity index (χ4v) is 4.01. The predicted molar refractivity (Wildman–Crippen MR) is 122 cm³/mol. The Morgan fingerprint density at radius 1 is 0.742 bits per heavy atom. The lowest BCUT2D eigenvalue weighted by molar-refractivity contribution is -0.114. The molecule has 3 N–H and O–H groups in total. The number of aryl methyl sites for hydroxylation is 2. The molecular weight excluding hydrogens is 414 g/mol. The van der Waals surface area contributed by atoms with Gasteiger partial charge in [0.25, 0.3) is 15.9 Å². The third-order valence-corrected chi connectivity index (χ3v) is 6.01. The zero-order valence-corrected chi connectivity index (χ0v) is 18.2. The van der Waals surface area contributed by atoms with Gasteiger partial charge in [-0.05, 0) is 79.6 Å². The predicted octanol–water partition coefficient (Wildman–Crippen LogP) is 4.31. The summed E-state index contributed by atoms with van der Waals surface area (Å²) in [6.07, 6.45) is 0. The van der Waals surface area contributed by atoms with Crippen LogP contribution in [0.5, 0.6) is 0 Å². The minimum atomic E-state index is -3.73. The molecule has 0 bridgehead atoms. The first-order chi connectivity index (χ1) is 14.6. The van der Waals surface area contributed by atoms with Gasteiger partial charge in [-0.2, -0.15) is 0 Å². The summed E-state index contributed by atoms with van der Waals surface area (Å²) in [5.41, 5.74) is 3.70. The smallest absolute Gasteiger partial charge is 0.261 e. The Hall–Kier alpha value is -3.65. The summed E-state index contributed by atoms with van der Waals surface area (Å²) < 4.78 is 27.7. The van der Waals surface area contributed by atoms with Gasteiger partial charge in [0.05, 0.1) is 4.90 Å². The molecule has 0 aliphatic heterocycles. The molecule has 7 nitrogen and oxygen atoms in total. The van der Waals surface area contributed by atoms with Gasteiger partial charge in [-0.15, -0.1) is 0 Å². The number of carbonyl (C=O) groups excluding carboxylic acids is 2. The van der Waals surface area contributed by atoms with E-state index in [1.807, 2.05) is 13.8 Å². The van der Waals surface area contributed by atoms with Crippen LogP contribution in [0.25, 0.3) is 0 Å². The highest BCUT2D eigenvalue weighted by Gasteiger charge is 2.15. The van der Waals surface area contributed by atoms with Crippen LogP contribution in [0.4, 0.5) is 17.1 Å². The maximum absolute atomic E-state index is 12.6. The second-order valence-corrected chi connectivity index (χ2v) is 8.83. The van der Waals surface area contributed by atoms with E-state index in [1.165, 1.54) is 31.2 Å². The van der Waals surface area contributed by atoms with E-state index in [-0.39, 0.29) is 16.7 Å². The third kappa shape index (κ3) is 5.70. The van der Waals surface area contributed by atoms with E-state index in [4.69, 9.17) is 0 Å². The SMILES string of the molecule is CC(=O)Nc1cccc(NC(=O)c2ccc(NS(=O)(=O)c3ccc(C)c(C)c3)cc2)c1. The molecule has 0 aromatic heterocycles. The van der Waals surface area contributed by atoms with Crippen LogP contribution in [0.3, 0.4) is 0 Å². The molecule has 0 spiro atoms. The summed E-state index contributed by atoms with van der Waals surface area (Å²) in [6, 6.07) is 17.8. The Labute approximate surface area is 181 Å². The number of carbonyl (C=O) groups is 2. The van der Waals surface area contributed by atoms with Crippen LogP contribution in [-0.2, 0) is 14.8 Å². The number of benzene rings is 3. The summed E-state index contributed by atoms with van der Waals surface area (Å²) in [6.45, 7) is 5.17. The average molecular weight is 438 g/mol. The number of sulfonamides is 1. The molecule has 0 fully saturated rings. The fraction of sp³-hybridized carbons (Fsp3) is 0.130. The van der Waals surface area contributed by atoms with Crippen molar-refractivity contribution in [3.8, 4) is 0 Å². The van der Waals surface area contributed by atoms with Gasteiger partial charge >= 0.3 is 0 Å². The standard InChI is InChI=1S/C23H23N3O4S/c1-15-7-12-22(13-16(15)2)31(29,30)26-19-10-8-18(9-11-19)23(28)25-21-6-4-5-20(14-21)24-17(3)27/h4-14,26H,1-3H3,(H,24,27)(H,25,28). The Balaban J connectivity index is 1.70. The number of hydrogen-bond acceptors (Lipinski definition) is 4. The number of nitrogens with one attached hydrogen (secondary N) is 3. The molecule has 0 heterocycles. The Morgan fingerprint density at radius 3 is 2.00 bits per heavy atom. The van der Waals surface area contributed by atoms with Crippen molar-refractivity contribution >= 4 is 38.9 Å². The first-order valence-electron chi connectivity index (χ1n) is 9.53. The molecule has 3 aromatic carbocycles. The van der Waals surface area contributed by atoms with Crippen molar-refractivity contribution in [3.63, 3.8) is 0 Å². The summed E-state index contributed by atoms with van der Waals surface area (Å²) in [4.78, 5) is 23.8. The molecule has 0 saturated carbocycles. The van der Waals surface area contributed by atoms with Crippen molar-refractivity contribution in [1.29, 1.82) is 0 Å². The Bertz CT molecular complexity index is 1240. The quantitative estimate of drug-likeness (QED) is 0.534. The molecule has 3 rings (SSSR count). The van der Waals surface area contributed by atoms with Gasteiger partial charge < -0.3 is 10.6 Å². The summed E-state index contributed by atoms with van der Waals surface area (Å²) in [5.74, 6) is -0.564. The average Bonchev–Trinajstić information content (AvgIpc) is 2.70. The molecule has 0 aliphatic carbocycles. The summed E-state index contributed by atoms with van der Waals surface area (Å²) in [5, 5.41) is 5.40. The van der Waals surface area contributed by atoms with Crippen molar-refractivity contribution in [2.45, 2.75) is 25.7 Å². The van der Waals surface area contributed by atoms with E-state index < -0.39 is 10.0 Å². The van der Waals surface area contributed by atoms with Crippen molar-refractivity contribution in [1.82, 2.24) is 0 Å². The lowest BCUT2D eigenvalue weighted by Crippen LogP contribution is -2.14. The first-order valence-corrected chi connectivity index (χ1v) is 11.0. The lowest BCUT2D eigenvalue weighted by Gasteiger charge is -2.11. The van der Waals surface area contributed by atoms with Crippen molar-refractivity contribution in [2.24, 2.45) is 0 Å². The maximum atomic E-state index is 12.6. The largest absolute Gasteiger partial charge is 0.326 e. The van der Waals surface area contributed by atoms with Gasteiger partial charge in [0, 0.05) is 29.5 Å². The minimum absolute atomic E-state index is 0.177. The number of rotatable bonds is 6. The zero-order valence-electron chi connectivity index (χ0n) is 17.4. The number of anilines is 3. The lowest BCUT2D eigenvalue weighted by atomic mass is 10.1. The first kappa shape index (κ1) is 22.0. The van der Waals surface area contributed by atoms with E-state index in [0.29, 0.717) is 22.6 Å². The molecule has 0 saturated heterocycles. The normalized spacial score (nSPS) is 10.9. The molecule has 0 aliphatic rings. The highest BCUT2D eigenvalue weighted by Crippen LogP contribution is 2.20. The van der Waals surface area contributed by atoms with Crippen LogP contribution < -0.4 is 15.4 Å². The van der Waals surface area contributed by atoms with Crippen molar-refractivity contribution in [2.75, 3.05) is 15.4 Å². The van der Waals surface area contributed by atoms with E-state index in [2.05, 4.69) is 15.4 Å². The second kappa shape index (κ2) is 9.01. The maximum Gasteiger partial charge on any atom is 0.261 e. The van der Waals surface area contributed by atoms with Gasteiger partial charge in [0.1, 0.15) is 0 Å². The van der Waals surface area contributed by atoms with Gasteiger partial charge in [0.2, 0.25) is 5.91 Å². The molecule has 160 valence electrons. The molecule has 0 radical (unpaired) electrons. The molecule has 31 heavy (non-hydrogen) atoms. The van der Waals surface area contributed by atoms with Crippen LogP contribution in [0.2, 0.25) is 0 Å². The highest BCUT2D eigenvalue weighted by atomic mass is 32.2. The van der Waals surface area contributed by atoms with E-state index in [0.717, 1.165) is 11.1 Å². The monoisotopic (exact) mass is 437 g/mol. The van der Waals surface area contributed by atoms with E-state index in [9.17, 15) is 18.0 Å². The van der Waals surface area contributed by atoms with Gasteiger partial charge in [-0.3, -0.25) is 14.3 Å². The fourth-order valence-electron chi connectivity index (χ4n) is 2.87. The molecule has 0 unspecified atom stereocenters. The third-order valence-electron chi connectivity index (χ3n) is 4.63. The van der Waals surface area contributed by atoms with Crippen molar-refractivity contribution in [3.05, 3.63) is 83.4 Å². The van der Waals surface area contributed by atoms with Gasteiger partial charge in [0.15, 0.2) is 0 Å². The van der Waals surface area contributed by atoms with Gasteiger partial charge in [-0.1, -0.05) is 12.1 Å². The van der Waals surface area contributed by atoms with Crippen LogP contribution in [0, 0.1) is 13.8 Å². The van der Waals surface area contributed by atoms with Crippen LogP contribution in [0.15, 0.2) is 71.6 Å². The molecule has 3 aromatic rings. The highest BCUT2D eigenvalue weighted by molar-refractivity contribution is 7.92. The Kier molecular flexibility index (Phi) is 6.41. The molecular formula is C23H23N3O4S. The van der Waals surface area contributed by atoms with E-state index >= 15 is 0 Å². The topological polar surface area (TPSA) is 104 Å². The van der Waals surface area contributed by atoms with Crippen LogP contribution >= 0.6 is 0 Å². The minimum Gasteiger partial charge on any atom is -0.326 e. The van der Waals surface area contributed by atoms with Crippen LogP contribution in [0.1, 0.15) is 28.4 Å².